The van der Waals surface area contributed by atoms with Crippen LogP contribution < -0.4 is 0 Å². The fraction of sp³-hybridized carbons (Fsp3) is 0. The van der Waals surface area contributed by atoms with Crippen LogP contribution in [0.5, 0.6) is 0 Å². The Balaban J connectivity index is 3.46. The van der Waals surface area contributed by atoms with E-state index in [9.17, 15) is 0 Å². The lowest BCUT2D eigenvalue weighted by molar-refractivity contribution is 0.432. The minimum absolute atomic E-state index is 2.66. The normalized spacial score (nSPS) is 29.5. The fourth-order valence-electron chi connectivity index (χ4n) is 0.537. The summed E-state index contributed by atoms with van der Waals surface area (Å²) < 4.78 is 7.98. The summed E-state index contributed by atoms with van der Waals surface area (Å²) in [6.07, 6.45) is 0. The third-order valence-electron chi connectivity index (χ3n) is 0.720. The van der Waals surface area contributed by atoms with Crippen molar-refractivity contribution in [2.75, 3.05) is 0 Å². The molecule has 0 aromatic rings. The average molecular weight is 237 g/mol. The molecule has 0 amide bonds. The van der Waals surface area contributed by atoms with E-state index in [1.54, 1.807) is 0 Å². The monoisotopic (exact) mass is 237 g/mol. The van der Waals surface area contributed by atoms with Crippen LogP contribution in [0.4, 0.5) is 0 Å². The molecule has 72 valence electrons. The van der Waals surface area contributed by atoms with Crippen molar-refractivity contribution in [2.45, 2.75) is 0 Å². The molecule has 0 saturated heterocycles. The molecule has 1 aliphatic heterocycles. The lowest BCUT2D eigenvalue weighted by Crippen LogP contribution is -1.85. The van der Waals surface area contributed by atoms with Crippen molar-refractivity contribution in [3.8, 4) is 0 Å². The van der Waals surface area contributed by atoms with Gasteiger partial charge in [0, 0.05) is 0 Å². The van der Waals surface area contributed by atoms with Gasteiger partial charge in [-0.2, -0.15) is 0 Å². The predicted molar refractivity (Wildman–Crippen MR) is 41.4 cm³/mol. The van der Waals surface area contributed by atoms with Gasteiger partial charge < -0.3 is 29.4 Å². The van der Waals surface area contributed by atoms with E-state index in [-0.39, 0.29) is 0 Å². The molecule has 1 heterocycles. The second-order valence-corrected chi connectivity index (χ2v) is 7.24. The Kier molecular flexibility index (Phi) is 2.38. The van der Waals surface area contributed by atoms with Gasteiger partial charge in [0.25, 0.3) is 0 Å². The zero-order valence-corrected chi connectivity index (χ0v) is 8.05. The van der Waals surface area contributed by atoms with Crippen molar-refractivity contribution in [1.29, 1.82) is 0 Å². The van der Waals surface area contributed by atoms with Crippen molar-refractivity contribution in [3.05, 3.63) is 0 Å². The topological polar surface area (TPSA) is 158 Å². The van der Waals surface area contributed by atoms with E-state index < -0.39 is 23.0 Å². The van der Waals surface area contributed by atoms with Crippen LogP contribution in [-0.2, 0) is 0 Å². The molecule has 0 unspecified atom stereocenters. The zero-order valence-electron chi connectivity index (χ0n) is 5.37. The second-order valence-electron chi connectivity index (χ2n) is 1.88. The van der Waals surface area contributed by atoms with Gasteiger partial charge in [0.2, 0.25) is 0 Å². The lowest BCUT2D eigenvalue weighted by Gasteiger charge is -2.17. The standard InChI is InChI=1S/H6N3O6P3/c4-10(5)1-11(6,7)3-12(8,9)2-10/h4-9H. The molecule has 12 heavy (non-hydrogen) atoms. The van der Waals surface area contributed by atoms with Gasteiger partial charge in [-0.15, -0.1) is 13.5 Å². The quantitative estimate of drug-likeness (QED) is 0.320. The number of rotatable bonds is 0. The van der Waals surface area contributed by atoms with Gasteiger partial charge in [0.15, 0.2) is 0 Å². The van der Waals surface area contributed by atoms with E-state index in [0.29, 0.717) is 0 Å². The molecule has 9 nitrogen and oxygen atoms in total. The van der Waals surface area contributed by atoms with Crippen molar-refractivity contribution >= 4 is 23.0 Å². The Morgan fingerprint density at radius 1 is 0.500 bits per heavy atom. The molecule has 0 bridgehead atoms. The van der Waals surface area contributed by atoms with E-state index in [4.69, 9.17) is 29.4 Å². The van der Waals surface area contributed by atoms with E-state index >= 15 is 0 Å². The van der Waals surface area contributed by atoms with Gasteiger partial charge in [-0.05, 0) is 0 Å². The number of hydrogen-bond donors (Lipinski definition) is 6. The highest BCUT2D eigenvalue weighted by molar-refractivity contribution is 7.76. The molecule has 6 N–H and O–H groups in total. The number of nitrogens with zero attached hydrogens (tertiary/aromatic N) is 3. The number of hydrogen-bond acceptors (Lipinski definition) is 3. The summed E-state index contributed by atoms with van der Waals surface area (Å²) in [5.74, 6) is 0. The molecule has 0 spiro atoms. The van der Waals surface area contributed by atoms with Crippen LogP contribution >= 0.6 is 23.0 Å². The van der Waals surface area contributed by atoms with Crippen LogP contribution in [0.2, 0.25) is 0 Å². The maximum atomic E-state index is 8.73. The van der Waals surface area contributed by atoms with Crippen LogP contribution in [-0.4, -0.2) is 29.4 Å². The molecule has 1 aliphatic rings. The van der Waals surface area contributed by atoms with E-state index in [1.165, 1.54) is 0 Å². The fourth-order valence-corrected chi connectivity index (χ4v) is 5.80. The Bertz CT molecular complexity index is 275. The summed E-state index contributed by atoms with van der Waals surface area (Å²) in [6.45, 7) is 0. The van der Waals surface area contributed by atoms with Crippen LogP contribution in [0.1, 0.15) is 0 Å². The lowest BCUT2D eigenvalue weighted by atomic mass is 13.8. The molecule has 0 aromatic carbocycles. The molecule has 0 atom stereocenters. The summed E-state index contributed by atoms with van der Waals surface area (Å²) in [6, 6.07) is 0. The smallest absolute Gasteiger partial charge is 0.322 e. The Hall–Kier alpha value is 0.450. The van der Waals surface area contributed by atoms with Crippen LogP contribution in [0.15, 0.2) is 13.5 Å². The summed E-state index contributed by atoms with van der Waals surface area (Å²) in [5, 5.41) is 0. The van der Waals surface area contributed by atoms with Crippen molar-refractivity contribution in [1.82, 2.24) is 0 Å². The molecular formula is H6N3O6P3. The highest BCUT2D eigenvalue weighted by Crippen LogP contribution is 2.70. The van der Waals surface area contributed by atoms with E-state index in [1.807, 2.05) is 0 Å². The maximum absolute atomic E-state index is 8.73. The minimum Gasteiger partial charge on any atom is -0.322 e. The summed E-state index contributed by atoms with van der Waals surface area (Å²) in [4.78, 5) is 52.4. The first-order chi connectivity index (χ1) is 5.12. The van der Waals surface area contributed by atoms with Gasteiger partial charge in [0.05, 0.1) is 0 Å². The first-order valence-electron chi connectivity index (χ1n) is 2.40. The Labute approximate surface area is 66.8 Å². The molecule has 0 saturated carbocycles. The van der Waals surface area contributed by atoms with Crippen molar-refractivity contribution < 1.29 is 29.4 Å². The second kappa shape index (κ2) is 2.72. The first-order valence-corrected chi connectivity index (χ1v) is 7.20. The Morgan fingerprint density at radius 3 is 0.833 bits per heavy atom. The SMILES string of the molecule is OP1(O)=NP(O)(O)=NP(O)(O)=N1. The first kappa shape index (κ1) is 10.5. The summed E-state index contributed by atoms with van der Waals surface area (Å²) >= 11 is 0. The largest absolute Gasteiger partial charge is 0.343 e. The van der Waals surface area contributed by atoms with Gasteiger partial charge in [0.1, 0.15) is 0 Å². The van der Waals surface area contributed by atoms with Gasteiger partial charge in [-0.3, -0.25) is 0 Å². The van der Waals surface area contributed by atoms with Crippen LogP contribution in [0.25, 0.3) is 0 Å². The molecule has 0 aromatic heterocycles. The van der Waals surface area contributed by atoms with Crippen LogP contribution in [0, 0.1) is 0 Å². The molecule has 12 heteroatoms. The molecule has 0 aliphatic carbocycles. The molecule has 0 radical (unpaired) electrons. The van der Waals surface area contributed by atoms with Crippen molar-refractivity contribution in [2.24, 2.45) is 13.5 Å². The van der Waals surface area contributed by atoms with Gasteiger partial charge in [-0.25, -0.2) is 0 Å². The molecular weight excluding hydrogens is 231 g/mol. The van der Waals surface area contributed by atoms with Gasteiger partial charge >= 0.3 is 23.0 Å². The third-order valence-corrected chi connectivity index (χ3v) is 6.48. The van der Waals surface area contributed by atoms with Crippen LogP contribution in [0.3, 0.4) is 0 Å². The van der Waals surface area contributed by atoms with E-state index in [0.717, 1.165) is 0 Å². The third kappa shape index (κ3) is 2.74. The Morgan fingerprint density at radius 2 is 0.667 bits per heavy atom. The maximum Gasteiger partial charge on any atom is 0.343 e. The van der Waals surface area contributed by atoms with E-state index in [2.05, 4.69) is 13.5 Å². The highest BCUT2D eigenvalue weighted by atomic mass is 31.3. The molecule has 0 fully saturated rings. The highest BCUT2D eigenvalue weighted by Gasteiger charge is 2.31. The summed E-state index contributed by atoms with van der Waals surface area (Å²) in [7, 11) is -13.0. The average Bonchev–Trinajstić information content (AvgIpc) is 1.44. The van der Waals surface area contributed by atoms with Crippen molar-refractivity contribution in [3.63, 3.8) is 0 Å². The summed E-state index contributed by atoms with van der Waals surface area (Å²) in [5.41, 5.74) is 0. The van der Waals surface area contributed by atoms with Gasteiger partial charge in [-0.1, -0.05) is 0 Å². The minimum atomic E-state index is -4.32. The predicted octanol–water partition coefficient (Wildman–Crippen LogP) is -0.208. The molecule has 1 rings (SSSR count). The zero-order chi connectivity index (χ0) is 9.62.